The van der Waals surface area contributed by atoms with Crippen molar-refractivity contribution in [1.29, 1.82) is 0 Å². The number of nitrogens with one attached hydrogen (secondary N) is 2. The van der Waals surface area contributed by atoms with Crippen molar-refractivity contribution in [3.05, 3.63) is 110 Å². The number of nitrogens with two attached hydrogens (primary N) is 2. The molecule has 1 heterocycles. The second-order valence-corrected chi connectivity index (χ2v) is 9.56. The number of para-hydroxylation sites is 1. The molecule has 178 valence electrons. The maximum atomic E-state index is 13.3. The number of halogens is 2. The normalized spacial score (nSPS) is 10.7. The number of nitrogen functional groups attached to an aromatic ring is 1. The highest BCUT2D eigenvalue weighted by molar-refractivity contribution is 7.19. The molecule has 0 fully saturated rings. The van der Waals surface area contributed by atoms with Gasteiger partial charge in [-0.05, 0) is 41.5 Å². The van der Waals surface area contributed by atoms with Gasteiger partial charge < -0.3 is 22.1 Å². The molecule has 0 radical (unpaired) electrons. The summed E-state index contributed by atoms with van der Waals surface area (Å²) in [7, 11) is 0. The second-order valence-electron chi connectivity index (χ2n) is 7.70. The van der Waals surface area contributed by atoms with Crippen LogP contribution in [0.4, 0.5) is 16.4 Å². The van der Waals surface area contributed by atoms with Crippen LogP contribution in [0.25, 0.3) is 0 Å². The molecule has 6 nitrogen and oxygen atoms in total. The quantitative estimate of drug-likeness (QED) is 0.211. The predicted octanol–water partition coefficient (Wildman–Crippen LogP) is 6.00. The lowest BCUT2D eigenvalue weighted by Crippen LogP contribution is -2.24. The molecular formula is C26H22Cl2N4O2S. The third-order valence-corrected chi connectivity index (χ3v) is 6.93. The SMILES string of the molecule is NCc1cccc(CNC(=O)c2c(Nc3ccccc3)sc(C(=O)c3ccc(Cl)cc3Cl)c2N)c1. The molecule has 1 amide bonds. The minimum Gasteiger partial charge on any atom is -0.397 e. The first-order valence-electron chi connectivity index (χ1n) is 10.7. The maximum absolute atomic E-state index is 13.3. The fourth-order valence-corrected chi connectivity index (χ4v) is 5.10. The van der Waals surface area contributed by atoms with Crippen molar-refractivity contribution in [3.8, 4) is 0 Å². The molecule has 0 saturated heterocycles. The number of anilines is 3. The van der Waals surface area contributed by atoms with Crippen LogP contribution in [0, 0.1) is 0 Å². The van der Waals surface area contributed by atoms with E-state index in [0.717, 1.165) is 28.2 Å². The fraction of sp³-hybridized carbons (Fsp3) is 0.0769. The first kappa shape index (κ1) is 24.8. The number of carbonyl (C=O) groups excluding carboxylic acids is 2. The number of benzene rings is 3. The summed E-state index contributed by atoms with van der Waals surface area (Å²) >= 11 is 13.3. The van der Waals surface area contributed by atoms with E-state index < -0.39 is 5.91 Å². The van der Waals surface area contributed by atoms with Crippen molar-refractivity contribution in [1.82, 2.24) is 5.32 Å². The van der Waals surface area contributed by atoms with Gasteiger partial charge in [0.15, 0.2) is 0 Å². The van der Waals surface area contributed by atoms with Gasteiger partial charge in [0.1, 0.15) is 9.88 Å². The number of hydrogen-bond donors (Lipinski definition) is 4. The van der Waals surface area contributed by atoms with E-state index in [9.17, 15) is 9.59 Å². The predicted molar refractivity (Wildman–Crippen MR) is 144 cm³/mol. The van der Waals surface area contributed by atoms with Crippen LogP contribution in [0.3, 0.4) is 0 Å². The minimum absolute atomic E-state index is 0.0812. The average Bonchev–Trinajstić information content (AvgIpc) is 3.18. The Morgan fingerprint density at radius 1 is 0.914 bits per heavy atom. The third-order valence-electron chi connectivity index (χ3n) is 5.27. The first-order valence-corrected chi connectivity index (χ1v) is 12.2. The van der Waals surface area contributed by atoms with Crippen LogP contribution in [-0.4, -0.2) is 11.7 Å². The molecule has 0 spiro atoms. The van der Waals surface area contributed by atoms with Gasteiger partial charge in [-0.2, -0.15) is 0 Å². The topological polar surface area (TPSA) is 110 Å². The number of thiophene rings is 1. The second kappa shape index (κ2) is 10.9. The zero-order valence-corrected chi connectivity index (χ0v) is 20.8. The summed E-state index contributed by atoms with van der Waals surface area (Å²) in [6, 6.07) is 21.6. The Balaban J connectivity index is 1.68. The molecule has 0 aliphatic rings. The highest BCUT2D eigenvalue weighted by Crippen LogP contribution is 2.39. The third kappa shape index (κ3) is 5.66. The molecule has 4 aromatic rings. The first-order chi connectivity index (χ1) is 16.9. The standard InChI is InChI=1S/C26H22Cl2N4O2S/c27-17-9-10-19(20(28)12-17)23(33)24-22(30)21(26(35-24)32-18-7-2-1-3-8-18)25(34)31-14-16-6-4-5-15(11-16)13-29/h1-12,32H,13-14,29-30H2,(H,31,34). The van der Waals surface area contributed by atoms with Crippen LogP contribution in [0.1, 0.15) is 36.7 Å². The molecule has 0 atom stereocenters. The van der Waals surface area contributed by atoms with Crippen molar-refractivity contribution >= 4 is 62.6 Å². The van der Waals surface area contributed by atoms with Gasteiger partial charge >= 0.3 is 0 Å². The largest absolute Gasteiger partial charge is 0.397 e. The molecule has 0 aliphatic heterocycles. The van der Waals surface area contributed by atoms with Crippen LogP contribution in [-0.2, 0) is 13.1 Å². The van der Waals surface area contributed by atoms with E-state index in [0.29, 0.717) is 16.6 Å². The Hall–Kier alpha value is -3.36. The smallest absolute Gasteiger partial charge is 0.256 e. The summed E-state index contributed by atoms with van der Waals surface area (Å²) in [6.07, 6.45) is 0. The Labute approximate surface area is 216 Å². The molecular weight excluding hydrogens is 503 g/mol. The Morgan fingerprint density at radius 2 is 1.66 bits per heavy atom. The van der Waals surface area contributed by atoms with Crippen LogP contribution in [0.15, 0.2) is 72.8 Å². The van der Waals surface area contributed by atoms with Gasteiger partial charge in [0.25, 0.3) is 5.91 Å². The zero-order valence-electron chi connectivity index (χ0n) is 18.5. The average molecular weight is 525 g/mol. The molecule has 0 saturated carbocycles. The lowest BCUT2D eigenvalue weighted by atomic mass is 10.1. The van der Waals surface area contributed by atoms with Crippen LogP contribution >= 0.6 is 34.5 Å². The molecule has 1 aromatic heterocycles. The number of rotatable bonds is 8. The van der Waals surface area contributed by atoms with Gasteiger partial charge in [0.05, 0.1) is 16.3 Å². The van der Waals surface area contributed by atoms with E-state index in [2.05, 4.69) is 10.6 Å². The van der Waals surface area contributed by atoms with Crippen molar-refractivity contribution in [2.24, 2.45) is 5.73 Å². The lowest BCUT2D eigenvalue weighted by molar-refractivity contribution is 0.0953. The Bertz CT molecular complexity index is 1390. The summed E-state index contributed by atoms with van der Waals surface area (Å²) < 4.78 is 0. The molecule has 9 heteroatoms. The van der Waals surface area contributed by atoms with E-state index in [4.69, 9.17) is 34.7 Å². The van der Waals surface area contributed by atoms with Gasteiger partial charge in [0.2, 0.25) is 5.78 Å². The molecule has 0 aliphatic carbocycles. The van der Waals surface area contributed by atoms with Crippen LogP contribution in [0.5, 0.6) is 0 Å². The van der Waals surface area contributed by atoms with E-state index >= 15 is 0 Å². The molecule has 0 unspecified atom stereocenters. The van der Waals surface area contributed by atoms with Crippen molar-refractivity contribution in [2.75, 3.05) is 11.1 Å². The molecule has 6 N–H and O–H groups in total. The van der Waals surface area contributed by atoms with Gasteiger partial charge in [-0.25, -0.2) is 0 Å². The van der Waals surface area contributed by atoms with Crippen LogP contribution < -0.4 is 22.1 Å². The summed E-state index contributed by atoms with van der Waals surface area (Å²) in [4.78, 5) is 26.8. The minimum atomic E-state index is -0.406. The van der Waals surface area contributed by atoms with Crippen LogP contribution in [0.2, 0.25) is 10.0 Å². The van der Waals surface area contributed by atoms with E-state index in [1.807, 2.05) is 54.6 Å². The summed E-state index contributed by atoms with van der Waals surface area (Å²) in [6.45, 7) is 0.683. The van der Waals surface area contributed by atoms with Crippen molar-refractivity contribution < 1.29 is 9.59 Å². The summed E-state index contributed by atoms with van der Waals surface area (Å²) in [5.41, 5.74) is 15.3. The Kier molecular flexibility index (Phi) is 7.73. The van der Waals surface area contributed by atoms with E-state index in [-0.39, 0.29) is 39.0 Å². The van der Waals surface area contributed by atoms with Gasteiger partial charge in [-0.3, -0.25) is 9.59 Å². The lowest BCUT2D eigenvalue weighted by Gasteiger charge is -2.10. The molecule has 0 bridgehead atoms. The van der Waals surface area contributed by atoms with Gasteiger partial charge in [-0.15, -0.1) is 11.3 Å². The number of amides is 1. The molecule has 3 aromatic carbocycles. The van der Waals surface area contributed by atoms with Gasteiger partial charge in [-0.1, -0.05) is 65.7 Å². The number of hydrogen-bond acceptors (Lipinski definition) is 6. The molecule has 35 heavy (non-hydrogen) atoms. The van der Waals surface area contributed by atoms with E-state index in [1.54, 1.807) is 12.1 Å². The maximum Gasteiger partial charge on any atom is 0.256 e. The zero-order chi connectivity index (χ0) is 24.9. The van der Waals surface area contributed by atoms with Crippen molar-refractivity contribution in [2.45, 2.75) is 13.1 Å². The molecule has 4 rings (SSSR count). The van der Waals surface area contributed by atoms with Gasteiger partial charge in [0, 0.05) is 29.4 Å². The highest BCUT2D eigenvalue weighted by Gasteiger charge is 2.27. The summed E-state index contributed by atoms with van der Waals surface area (Å²) in [5, 5.41) is 7.19. The summed E-state index contributed by atoms with van der Waals surface area (Å²) in [5.74, 6) is -0.795. The fourth-order valence-electron chi connectivity index (χ4n) is 3.51. The number of ketones is 1. The Morgan fingerprint density at radius 3 is 2.37 bits per heavy atom. The number of carbonyl (C=O) groups is 2. The van der Waals surface area contributed by atoms with E-state index in [1.165, 1.54) is 6.07 Å². The van der Waals surface area contributed by atoms with Crippen molar-refractivity contribution in [3.63, 3.8) is 0 Å². The monoisotopic (exact) mass is 524 g/mol. The highest BCUT2D eigenvalue weighted by atomic mass is 35.5.